The SMILES string of the molecule is CO[C@@H](NC(=O)C(C)(C)C)[C@@H]1CCC(C)(C)[C@@H](C(C)(C)C)O1. The third kappa shape index (κ3) is 4.69. The van der Waals surface area contributed by atoms with Crippen molar-refractivity contribution in [2.75, 3.05) is 7.11 Å². The van der Waals surface area contributed by atoms with Crippen LogP contribution in [0, 0.1) is 16.2 Å². The van der Waals surface area contributed by atoms with Crippen LogP contribution in [0.3, 0.4) is 0 Å². The molecular formula is C18H35NO3. The van der Waals surface area contributed by atoms with E-state index in [0.717, 1.165) is 12.8 Å². The Kier molecular flexibility index (Phi) is 5.73. The van der Waals surface area contributed by atoms with Crippen molar-refractivity contribution in [3.63, 3.8) is 0 Å². The summed E-state index contributed by atoms with van der Waals surface area (Å²) in [6.45, 7) is 16.8. The van der Waals surface area contributed by atoms with E-state index in [1.807, 2.05) is 20.8 Å². The standard InChI is InChI=1S/C18H35NO3/c1-16(2,3)14-18(7,8)11-10-12(22-14)13(21-9)19-15(20)17(4,5)6/h12-14H,10-11H2,1-9H3,(H,19,20)/t12-,13+,14+/m0/s1. The number of hydrogen-bond donors (Lipinski definition) is 1. The maximum atomic E-state index is 12.2. The lowest BCUT2D eigenvalue weighted by Gasteiger charge is -2.49. The number of nitrogens with one attached hydrogen (secondary N) is 1. The van der Waals surface area contributed by atoms with Crippen LogP contribution >= 0.6 is 0 Å². The van der Waals surface area contributed by atoms with Crippen LogP contribution in [0.25, 0.3) is 0 Å². The summed E-state index contributed by atoms with van der Waals surface area (Å²) in [5.41, 5.74) is -0.260. The molecule has 1 heterocycles. The molecule has 22 heavy (non-hydrogen) atoms. The van der Waals surface area contributed by atoms with Crippen molar-refractivity contribution in [3.8, 4) is 0 Å². The fourth-order valence-electron chi connectivity index (χ4n) is 3.32. The van der Waals surface area contributed by atoms with Gasteiger partial charge in [-0.05, 0) is 23.7 Å². The van der Waals surface area contributed by atoms with E-state index in [1.165, 1.54) is 0 Å². The number of methoxy groups -OCH3 is 1. The maximum absolute atomic E-state index is 12.2. The highest BCUT2D eigenvalue weighted by Crippen LogP contribution is 2.44. The largest absolute Gasteiger partial charge is 0.369 e. The van der Waals surface area contributed by atoms with Crippen LogP contribution in [0.1, 0.15) is 68.2 Å². The Morgan fingerprint density at radius 2 is 1.77 bits per heavy atom. The first-order chi connectivity index (χ1) is 9.79. The molecule has 0 aromatic carbocycles. The highest BCUT2D eigenvalue weighted by molar-refractivity contribution is 5.81. The maximum Gasteiger partial charge on any atom is 0.227 e. The Hall–Kier alpha value is -0.610. The van der Waals surface area contributed by atoms with Crippen LogP contribution in [0.5, 0.6) is 0 Å². The summed E-state index contributed by atoms with van der Waals surface area (Å²) in [6.07, 6.45) is 1.58. The zero-order valence-corrected chi connectivity index (χ0v) is 15.9. The van der Waals surface area contributed by atoms with Crippen LogP contribution < -0.4 is 5.32 Å². The Balaban J connectivity index is 2.85. The normalized spacial score (nSPS) is 27.3. The van der Waals surface area contributed by atoms with Gasteiger partial charge in [0.2, 0.25) is 5.91 Å². The van der Waals surface area contributed by atoms with E-state index in [9.17, 15) is 4.79 Å². The Morgan fingerprint density at radius 1 is 1.23 bits per heavy atom. The second-order valence-corrected chi connectivity index (χ2v) is 9.33. The minimum Gasteiger partial charge on any atom is -0.369 e. The molecule has 0 saturated carbocycles. The van der Waals surface area contributed by atoms with Gasteiger partial charge in [0.15, 0.2) is 6.23 Å². The number of carbonyl (C=O) groups excluding carboxylic acids is 1. The predicted octanol–water partition coefficient (Wildman–Crippen LogP) is 3.74. The lowest BCUT2D eigenvalue weighted by molar-refractivity contribution is -0.199. The van der Waals surface area contributed by atoms with E-state index >= 15 is 0 Å². The fourth-order valence-corrected chi connectivity index (χ4v) is 3.32. The van der Waals surface area contributed by atoms with Gasteiger partial charge >= 0.3 is 0 Å². The van der Waals surface area contributed by atoms with E-state index in [4.69, 9.17) is 9.47 Å². The molecule has 3 atom stereocenters. The third-order valence-corrected chi connectivity index (χ3v) is 4.43. The summed E-state index contributed by atoms with van der Waals surface area (Å²) in [6, 6.07) is 0. The molecule has 0 aromatic heterocycles. The molecular weight excluding hydrogens is 278 g/mol. The van der Waals surface area contributed by atoms with Crippen molar-refractivity contribution in [1.29, 1.82) is 0 Å². The molecule has 130 valence electrons. The molecule has 1 N–H and O–H groups in total. The van der Waals surface area contributed by atoms with Crippen LogP contribution in [0.4, 0.5) is 0 Å². The summed E-state index contributed by atoms with van der Waals surface area (Å²) >= 11 is 0. The number of carbonyl (C=O) groups is 1. The van der Waals surface area contributed by atoms with Crippen molar-refractivity contribution in [1.82, 2.24) is 5.32 Å². The van der Waals surface area contributed by atoms with Crippen LogP contribution in [-0.4, -0.2) is 31.5 Å². The lowest BCUT2D eigenvalue weighted by Crippen LogP contribution is -2.56. The highest BCUT2D eigenvalue weighted by atomic mass is 16.6. The first kappa shape index (κ1) is 19.4. The molecule has 1 aliphatic rings. The van der Waals surface area contributed by atoms with E-state index < -0.39 is 11.6 Å². The monoisotopic (exact) mass is 313 g/mol. The molecule has 0 bridgehead atoms. The van der Waals surface area contributed by atoms with Crippen molar-refractivity contribution in [2.24, 2.45) is 16.2 Å². The zero-order chi connectivity index (χ0) is 17.3. The number of hydrogen-bond acceptors (Lipinski definition) is 3. The van der Waals surface area contributed by atoms with Gasteiger partial charge in [-0.25, -0.2) is 0 Å². The Morgan fingerprint density at radius 3 is 2.18 bits per heavy atom. The van der Waals surface area contributed by atoms with Crippen molar-refractivity contribution < 1.29 is 14.3 Å². The lowest BCUT2D eigenvalue weighted by atomic mass is 9.68. The molecule has 0 spiro atoms. The van der Waals surface area contributed by atoms with Crippen molar-refractivity contribution in [2.45, 2.75) is 86.7 Å². The van der Waals surface area contributed by atoms with Gasteiger partial charge in [0.1, 0.15) is 6.10 Å². The van der Waals surface area contributed by atoms with Crippen molar-refractivity contribution in [3.05, 3.63) is 0 Å². The van der Waals surface area contributed by atoms with Crippen LogP contribution in [-0.2, 0) is 14.3 Å². The van der Waals surface area contributed by atoms with Gasteiger partial charge in [0.25, 0.3) is 0 Å². The summed E-state index contributed by atoms with van der Waals surface area (Å²) in [4.78, 5) is 12.2. The minimum atomic E-state index is -0.436. The fraction of sp³-hybridized carbons (Fsp3) is 0.944. The van der Waals surface area contributed by atoms with Gasteiger partial charge in [0, 0.05) is 12.5 Å². The topological polar surface area (TPSA) is 47.6 Å². The number of ether oxygens (including phenoxy) is 2. The molecule has 4 nitrogen and oxygen atoms in total. The van der Waals surface area contributed by atoms with Gasteiger partial charge < -0.3 is 14.8 Å². The van der Waals surface area contributed by atoms with Crippen LogP contribution in [0.15, 0.2) is 0 Å². The zero-order valence-electron chi connectivity index (χ0n) is 15.9. The number of amides is 1. The summed E-state index contributed by atoms with van der Waals surface area (Å²) < 4.78 is 11.9. The Labute approximate surface area is 136 Å². The van der Waals surface area contributed by atoms with E-state index in [0.29, 0.717) is 0 Å². The average Bonchev–Trinajstić information content (AvgIpc) is 2.33. The smallest absolute Gasteiger partial charge is 0.227 e. The summed E-state index contributed by atoms with van der Waals surface area (Å²) in [7, 11) is 1.63. The van der Waals surface area contributed by atoms with Gasteiger partial charge in [-0.3, -0.25) is 4.79 Å². The summed E-state index contributed by atoms with van der Waals surface area (Å²) in [5.74, 6) is -0.0138. The van der Waals surface area contributed by atoms with Crippen LogP contribution in [0.2, 0.25) is 0 Å². The van der Waals surface area contributed by atoms with E-state index in [1.54, 1.807) is 7.11 Å². The first-order valence-electron chi connectivity index (χ1n) is 8.28. The van der Waals surface area contributed by atoms with E-state index in [2.05, 4.69) is 39.9 Å². The quantitative estimate of drug-likeness (QED) is 0.807. The van der Waals surface area contributed by atoms with Gasteiger partial charge in [-0.1, -0.05) is 55.4 Å². The van der Waals surface area contributed by atoms with Gasteiger partial charge in [-0.2, -0.15) is 0 Å². The second-order valence-electron chi connectivity index (χ2n) is 9.33. The number of rotatable bonds is 3. The Bertz CT molecular complexity index is 390. The molecule has 0 radical (unpaired) electrons. The van der Waals surface area contributed by atoms with Crippen molar-refractivity contribution >= 4 is 5.91 Å². The minimum absolute atomic E-state index is 0.0138. The third-order valence-electron chi connectivity index (χ3n) is 4.43. The molecule has 1 saturated heterocycles. The predicted molar refractivity (Wildman–Crippen MR) is 89.5 cm³/mol. The molecule has 1 rings (SSSR count). The van der Waals surface area contributed by atoms with E-state index in [-0.39, 0.29) is 28.9 Å². The molecule has 1 aliphatic heterocycles. The molecule has 0 unspecified atom stereocenters. The average molecular weight is 313 g/mol. The summed E-state index contributed by atoms with van der Waals surface area (Å²) in [5, 5.41) is 2.99. The molecule has 1 amide bonds. The van der Waals surface area contributed by atoms with Gasteiger partial charge in [0.05, 0.1) is 6.10 Å². The highest BCUT2D eigenvalue weighted by Gasteiger charge is 2.46. The second kappa shape index (κ2) is 6.48. The molecule has 0 aromatic rings. The first-order valence-corrected chi connectivity index (χ1v) is 8.28. The van der Waals surface area contributed by atoms with Gasteiger partial charge in [-0.15, -0.1) is 0 Å². The molecule has 4 heteroatoms. The molecule has 0 aliphatic carbocycles. The molecule has 1 fully saturated rings.